The minimum absolute atomic E-state index is 0.0482. The largest absolute Gasteiger partial charge is 0.494 e. The predicted molar refractivity (Wildman–Crippen MR) is 151 cm³/mol. The van der Waals surface area contributed by atoms with Crippen LogP contribution in [0.3, 0.4) is 0 Å². The molecule has 4 aliphatic rings. The molecule has 204 valence electrons. The first-order valence-corrected chi connectivity index (χ1v) is 15.4. The van der Waals surface area contributed by atoms with Crippen LogP contribution in [0.25, 0.3) is 10.1 Å². The lowest BCUT2D eigenvalue weighted by atomic mass is 9.78. The van der Waals surface area contributed by atoms with E-state index in [-0.39, 0.29) is 23.6 Å². The summed E-state index contributed by atoms with van der Waals surface area (Å²) in [5, 5.41) is 34.9. The Hall–Kier alpha value is -2.29. The highest BCUT2D eigenvalue weighted by Crippen LogP contribution is 2.64. The van der Waals surface area contributed by atoms with Crippen LogP contribution in [0, 0.1) is 11.8 Å². The number of rotatable bonds is 6. The Morgan fingerprint density at radius 3 is 2.45 bits per heavy atom. The van der Waals surface area contributed by atoms with Gasteiger partial charge in [0.25, 0.3) is 0 Å². The zero-order valence-electron chi connectivity index (χ0n) is 22.3. The summed E-state index contributed by atoms with van der Waals surface area (Å²) >= 11 is 1.59. The van der Waals surface area contributed by atoms with Crippen LogP contribution >= 0.6 is 11.5 Å². The van der Waals surface area contributed by atoms with Crippen molar-refractivity contribution in [2.45, 2.75) is 75.9 Å². The zero-order chi connectivity index (χ0) is 26.0. The molecule has 3 fully saturated rings. The van der Waals surface area contributed by atoms with Crippen LogP contribution in [0.15, 0.2) is 24.3 Å². The van der Waals surface area contributed by atoms with Gasteiger partial charge in [0.05, 0.1) is 10.3 Å². The Morgan fingerprint density at radius 1 is 0.974 bits per heavy atom. The minimum Gasteiger partial charge on any atom is -0.494 e. The molecular formula is C30H40N4O3S. The summed E-state index contributed by atoms with van der Waals surface area (Å²) in [6, 6.07) is 8.52. The van der Waals surface area contributed by atoms with Crippen molar-refractivity contribution in [2.24, 2.45) is 11.8 Å². The third-order valence-corrected chi connectivity index (χ3v) is 11.2. The van der Waals surface area contributed by atoms with Crippen molar-refractivity contribution in [3.05, 3.63) is 35.4 Å². The van der Waals surface area contributed by atoms with Gasteiger partial charge in [-0.1, -0.05) is 31.9 Å². The van der Waals surface area contributed by atoms with Crippen molar-refractivity contribution in [3.63, 3.8) is 0 Å². The molecule has 7 rings (SSSR count). The van der Waals surface area contributed by atoms with Crippen molar-refractivity contribution >= 4 is 27.4 Å². The van der Waals surface area contributed by atoms with Gasteiger partial charge in [-0.3, -0.25) is 9.47 Å². The van der Waals surface area contributed by atoms with E-state index in [9.17, 15) is 15.3 Å². The molecule has 0 amide bonds. The Kier molecular flexibility index (Phi) is 6.13. The summed E-state index contributed by atoms with van der Waals surface area (Å²) in [4.78, 5) is 5.06. The van der Waals surface area contributed by atoms with Crippen molar-refractivity contribution in [2.75, 3.05) is 37.6 Å². The van der Waals surface area contributed by atoms with Gasteiger partial charge in [0.2, 0.25) is 0 Å². The van der Waals surface area contributed by atoms with Crippen LogP contribution in [0.4, 0.5) is 5.82 Å². The van der Waals surface area contributed by atoms with Gasteiger partial charge < -0.3 is 20.2 Å². The third kappa shape index (κ3) is 3.86. The van der Waals surface area contributed by atoms with E-state index < -0.39 is 5.60 Å². The molecule has 1 saturated heterocycles. The maximum absolute atomic E-state index is 11.3. The van der Waals surface area contributed by atoms with Crippen molar-refractivity contribution < 1.29 is 15.3 Å². The van der Waals surface area contributed by atoms with E-state index in [1.807, 2.05) is 6.92 Å². The molecule has 3 N–H and O–H groups in total. The van der Waals surface area contributed by atoms with E-state index in [4.69, 9.17) is 4.37 Å². The summed E-state index contributed by atoms with van der Waals surface area (Å²) < 4.78 is 7.81. The van der Waals surface area contributed by atoms with Gasteiger partial charge in [0.1, 0.15) is 5.82 Å². The maximum atomic E-state index is 11.3. The first-order chi connectivity index (χ1) is 18.5. The van der Waals surface area contributed by atoms with Gasteiger partial charge in [-0.15, -0.1) is 0 Å². The first kappa shape index (κ1) is 24.7. The molecule has 0 spiro atoms. The highest BCUT2D eigenvalue weighted by atomic mass is 32.1. The Labute approximate surface area is 228 Å². The van der Waals surface area contributed by atoms with Crippen LogP contribution in [-0.2, 0) is 6.54 Å². The standard InChI is InChI=1S/C30H40N4O3S/c1-2-30(37)16-21-15-23(30)26-25(21)28(35)34(29(26)36)18-20-8-4-3-7-19(20)17-32-11-13-33(14-12-32)27-22-9-5-6-10-24(22)38-31-27/h5-6,9-10,19-21,23,35-37H,2-4,7-8,11-18H2,1H3/t19-,20?,21-,23-,30-/m0/s1. The number of anilines is 1. The van der Waals surface area contributed by atoms with Gasteiger partial charge in [-0.05, 0) is 73.5 Å². The van der Waals surface area contributed by atoms with E-state index in [1.54, 1.807) is 16.1 Å². The fourth-order valence-electron chi connectivity index (χ4n) is 8.28. The van der Waals surface area contributed by atoms with Gasteiger partial charge in [0.15, 0.2) is 11.8 Å². The second-order valence-electron chi connectivity index (χ2n) is 12.3. The number of fused-ring (bicyclic) bond motifs is 6. The van der Waals surface area contributed by atoms with Crippen LogP contribution in [-0.4, -0.2) is 67.5 Å². The van der Waals surface area contributed by atoms with Crippen LogP contribution in [0.1, 0.15) is 74.8 Å². The predicted octanol–water partition coefficient (Wildman–Crippen LogP) is 5.25. The van der Waals surface area contributed by atoms with E-state index in [0.717, 1.165) is 62.5 Å². The number of nitrogens with zero attached hydrogens (tertiary/aromatic N) is 4. The molecule has 38 heavy (non-hydrogen) atoms. The molecule has 1 unspecified atom stereocenters. The van der Waals surface area contributed by atoms with E-state index in [2.05, 4.69) is 34.1 Å². The van der Waals surface area contributed by atoms with Gasteiger partial charge in [-0.2, -0.15) is 4.37 Å². The summed E-state index contributed by atoms with van der Waals surface area (Å²) in [7, 11) is 0. The molecule has 0 radical (unpaired) electrons. The van der Waals surface area contributed by atoms with Crippen molar-refractivity contribution in [1.29, 1.82) is 0 Å². The number of benzene rings is 1. The van der Waals surface area contributed by atoms with Gasteiger partial charge in [-0.25, -0.2) is 0 Å². The lowest BCUT2D eigenvalue weighted by Crippen LogP contribution is -2.49. The van der Waals surface area contributed by atoms with E-state index >= 15 is 0 Å². The average molecular weight is 537 g/mol. The summed E-state index contributed by atoms with van der Waals surface area (Å²) in [6.07, 6.45) is 7.08. The fourth-order valence-corrected chi connectivity index (χ4v) is 9.07. The zero-order valence-corrected chi connectivity index (χ0v) is 23.2. The molecule has 3 aromatic rings. The SMILES string of the molecule is CC[C@]1(O)C[C@@H]2C[C@H]1c1c2c(O)n(CC2CCCC[C@H]2CN2CCN(c3nsc4ccccc34)CC2)c1O. The second-order valence-corrected chi connectivity index (χ2v) is 13.1. The maximum Gasteiger partial charge on any atom is 0.197 e. The minimum atomic E-state index is -0.742. The Morgan fingerprint density at radius 2 is 1.68 bits per heavy atom. The monoisotopic (exact) mass is 536 g/mol. The summed E-state index contributed by atoms with van der Waals surface area (Å²) in [5.41, 5.74) is 1.01. The molecule has 1 aromatic carbocycles. The number of hydrogen-bond acceptors (Lipinski definition) is 7. The topological polar surface area (TPSA) is 85.0 Å². The molecule has 3 heterocycles. The molecular weight excluding hydrogens is 496 g/mol. The smallest absolute Gasteiger partial charge is 0.197 e. The Bertz CT molecular complexity index is 1330. The molecule has 5 atom stereocenters. The lowest BCUT2D eigenvalue weighted by molar-refractivity contribution is 0.0206. The number of aromatic hydroxyl groups is 2. The summed E-state index contributed by atoms with van der Waals surface area (Å²) in [6.45, 7) is 7.87. The number of aliphatic hydroxyl groups is 1. The molecule has 1 aliphatic heterocycles. The van der Waals surface area contributed by atoms with Crippen LogP contribution < -0.4 is 4.90 Å². The number of aromatic nitrogens is 2. The molecule has 7 nitrogen and oxygen atoms in total. The highest BCUT2D eigenvalue weighted by Gasteiger charge is 2.56. The van der Waals surface area contributed by atoms with E-state index in [1.165, 1.54) is 29.3 Å². The van der Waals surface area contributed by atoms with E-state index in [0.29, 0.717) is 31.2 Å². The second kappa shape index (κ2) is 9.42. The lowest BCUT2D eigenvalue weighted by Gasteiger charge is -2.40. The summed E-state index contributed by atoms with van der Waals surface area (Å²) in [5.74, 6) is 2.73. The van der Waals surface area contributed by atoms with Crippen molar-refractivity contribution in [3.8, 4) is 11.8 Å². The fraction of sp³-hybridized carbons (Fsp3) is 0.633. The Balaban J connectivity index is 1.03. The number of hydrogen-bond donors (Lipinski definition) is 3. The van der Waals surface area contributed by atoms with Crippen LogP contribution in [0.5, 0.6) is 11.8 Å². The normalized spacial score (nSPS) is 31.4. The molecule has 2 saturated carbocycles. The highest BCUT2D eigenvalue weighted by molar-refractivity contribution is 7.13. The third-order valence-electron chi connectivity index (χ3n) is 10.4. The average Bonchev–Trinajstić information content (AvgIpc) is 3.68. The quantitative estimate of drug-likeness (QED) is 0.399. The van der Waals surface area contributed by atoms with Crippen LogP contribution in [0.2, 0.25) is 0 Å². The molecule has 3 aliphatic carbocycles. The first-order valence-electron chi connectivity index (χ1n) is 14.6. The van der Waals surface area contributed by atoms with Crippen molar-refractivity contribution in [1.82, 2.24) is 13.8 Å². The molecule has 2 aromatic heterocycles. The number of piperazine rings is 1. The van der Waals surface area contributed by atoms with Gasteiger partial charge in [0, 0.05) is 61.7 Å². The van der Waals surface area contributed by atoms with Gasteiger partial charge >= 0.3 is 0 Å². The molecule has 2 bridgehead atoms. The molecule has 8 heteroatoms.